The average Bonchev–Trinajstić information content (AvgIpc) is 2.19. The van der Waals surface area contributed by atoms with E-state index in [-0.39, 0.29) is 24.8 Å². The molecular formula is C9H16Cl2N4. The molecule has 1 unspecified atom stereocenters. The molecule has 0 bridgehead atoms. The highest BCUT2D eigenvalue weighted by Crippen LogP contribution is 2.20. The normalized spacial score (nSPS) is 19.9. The maximum absolute atomic E-state index is 5.52. The summed E-state index contributed by atoms with van der Waals surface area (Å²) in [7, 11) is 0. The van der Waals surface area contributed by atoms with Gasteiger partial charge in [-0.1, -0.05) is 0 Å². The molecule has 0 radical (unpaired) electrons. The van der Waals surface area contributed by atoms with Gasteiger partial charge < -0.3 is 11.1 Å². The van der Waals surface area contributed by atoms with Gasteiger partial charge in [0.15, 0.2) is 0 Å². The predicted molar refractivity (Wildman–Crippen MR) is 65.8 cm³/mol. The first-order valence-corrected chi connectivity index (χ1v) is 4.65. The van der Waals surface area contributed by atoms with Gasteiger partial charge in [-0.05, 0) is 25.5 Å². The number of halogens is 2. The molecule has 4 nitrogen and oxygen atoms in total. The molecule has 1 atom stereocenters. The van der Waals surface area contributed by atoms with Crippen LogP contribution in [0.1, 0.15) is 24.5 Å². The number of rotatable bonds is 1. The number of nitrogens with zero attached hydrogens (tertiary/aromatic N) is 2. The molecule has 1 aliphatic heterocycles. The number of nitrogens with one attached hydrogen (secondary N) is 1. The smallest absolute Gasteiger partial charge is 0.220 e. The molecule has 86 valence electrons. The molecule has 2 rings (SSSR count). The Morgan fingerprint density at radius 1 is 1.40 bits per heavy atom. The molecular weight excluding hydrogens is 235 g/mol. The topological polar surface area (TPSA) is 63.8 Å². The van der Waals surface area contributed by atoms with E-state index in [0.29, 0.717) is 11.9 Å². The fourth-order valence-electron chi connectivity index (χ4n) is 1.72. The Balaban J connectivity index is 0.000000980. The van der Waals surface area contributed by atoms with Crippen LogP contribution in [-0.2, 0) is 0 Å². The SMILES string of the molecule is Cl.Cl.Nc1nccc(C2CCCNC2)n1. The lowest BCUT2D eigenvalue weighted by molar-refractivity contribution is 0.454. The molecule has 1 aromatic heterocycles. The minimum atomic E-state index is 0. The van der Waals surface area contributed by atoms with Crippen molar-refractivity contribution in [3.8, 4) is 0 Å². The van der Waals surface area contributed by atoms with Crippen molar-refractivity contribution in [2.75, 3.05) is 18.8 Å². The van der Waals surface area contributed by atoms with E-state index in [1.165, 1.54) is 12.8 Å². The van der Waals surface area contributed by atoms with Crippen LogP contribution in [0.25, 0.3) is 0 Å². The summed E-state index contributed by atoms with van der Waals surface area (Å²) in [6.07, 6.45) is 4.14. The van der Waals surface area contributed by atoms with E-state index in [4.69, 9.17) is 5.73 Å². The molecule has 1 aliphatic rings. The quantitative estimate of drug-likeness (QED) is 0.791. The minimum Gasteiger partial charge on any atom is -0.368 e. The molecule has 0 amide bonds. The summed E-state index contributed by atoms with van der Waals surface area (Å²) in [5, 5.41) is 3.35. The maximum atomic E-state index is 5.52. The summed E-state index contributed by atoms with van der Waals surface area (Å²) in [6.45, 7) is 2.13. The van der Waals surface area contributed by atoms with E-state index >= 15 is 0 Å². The second kappa shape index (κ2) is 6.82. The van der Waals surface area contributed by atoms with Crippen molar-refractivity contribution in [3.05, 3.63) is 18.0 Å². The highest BCUT2D eigenvalue weighted by molar-refractivity contribution is 5.85. The van der Waals surface area contributed by atoms with E-state index in [1.54, 1.807) is 6.20 Å². The molecule has 15 heavy (non-hydrogen) atoms. The van der Waals surface area contributed by atoms with E-state index in [9.17, 15) is 0 Å². The lowest BCUT2D eigenvalue weighted by Crippen LogP contribution is -2.28. The van der Waals surface area contributed by atoms with Gasteiger partial charge in [0.1, 0.15) is 0 Å². The summed E-state index contributed by atoms with van der Waals surface area (Å²) in [4.78, 5) is 8.10. The third-order valence-electron chi connectivity index (χ3n) is 2.41. The van der Waals surface area contributed by atoms with E-state index in [1.807, 2.05) is 6.07 Å². The molecule has 0 spiro atoms. The third kappa shape index (κ3) is 3.81. The summed E-state index contributed by atoms with van der Waals surface area (Å²) >= 11 is 0. The lowest BCUT2D eigenvalue weighted by Gasteiger charge is -2.21. The number of anilines is 1. The van der Waals surface area contributed by atoms with Gasteiger partial charge in [-0.15, -0.1) is 24.8 Å². The van der Waals surface area contributed by atoms with Crippen molar-refractivity contribution >= 4 is 30.8 Å². The lowest BCUT2D eigenvalue weighted by atomic mass is 9.96. The second-order valence-electron chi connectivity index (χ2n) is 3.38. The third-order valence-corrected chi connectivity index (χ3v) is 2.41. The van der Waals surface area contributed by atoms with Crippen LogP contribution < -0.4 is 11.1 Å². The maximum Gasteiger partial charge on any atom is 0.220 e. The highest BCUT2D eigenvalue weighted by atomic mass is 35.5. The number of hydrogen-bond donors (Lipinski definition) is 2. The van der Waals surface area contributed by atoms with Crippen LogP contribution in [0, 0.1) is 0 Å². The van der Waals surface area contributed by atoms with Gasteiger partial charge in [0.25, 0.3) is 0 Å². The summed E-state index contributed by atoms with van der Waals surface area (Å²) in [6, 6.07) is 1.95. The van der Waals surface area contributed by atoms with Crippen molar-refractivity contribution in [1.29, 1.82) is 0 Å². The van der Waals surface area contributed by atoms with Crippen molar-refractivity contribution in [1.82, 2.24) is 15.3 Å². The van der Waals surface area contributed by atoms with E-state index in [2.05, 4.69) is 15.3 Å². The first kappa shape index (κ1) is 14.4. The van der Waals surface area contributed by atoms with Gasteiger partial charge in [-0.25, -0.2) is 9.97 Å². The fraction of sp³-hybridized carbons (Fsp3) is 0.556. The predicted octanol–water partition coefficient (Wildman–Crippen LogP) is 1.37. The number of piperidine rings is 1. The number of hydrogen-bond acceptors (Lipinski definition) is 4. The highest BCUT2D eigenvalue weighted by Gasteiger charge is 2.16. The number of aromatic nitrogens is 2. The number of nitrogen functional groups attached to an aromatic ring is 1. The van der Waals surface area contributed by atoms with Crippen molar-refractivity contribution in [2.24, 2.45) is 0 Å². The Hall–Kier alpha value is -0.580. The molecule has 3 N–H and O–H groups in total. The summed E-state index contributed by atoms with van der Waals surface area (Å²) in [5.74, 6) is 0.891. The number of nitrogens with two attached hydrogens (primary N) is 1. The molecule has 2 heterocycles. The molecule has 0 aliphatic carbocycles. The van der Waals surface area contributed by atoms with Crippen molar-refractivity contribution in [2.45, 2.75) is 18.8 Å². The zero-order chi connectivity index (χ0) is 9.10. The van der Waals surface area contributed by atoms with Crippen LogP contribution in [0.2, 0.25) is 0 Å². The second-order valence-corrected chi connectivity index (χ2v) is 3.38. The van der Waals surface area contributed by atoms with Gasteiger partial charge in [0, 0.05) is 18.7 Å². The zero-order valence-electron chi connectivity index (χ0n) is 8.35. The Morgan fingerprint density at radius 2 is 2.20 bits per heavy atom. The molecule has 6 heteroatoms. The Morgan fingerprint density at radius 3 is 2.80 bits per heavy atom. The van der Waals surface area contributed by atoms with Crippen LogP contribution in [0.4, 0.5) is 5.95 Å². The first-order valence-electron chi connectivity index (χ1n) is 4.65. The standard InChI is InChI=1S/C9H14N4.2ClH/c10-9-12-5-3-8(13-9)7-2-1-4-11-6-7;;/h3,5,7,11H,1-2,4,6H2,(H2,10,12,13);2*1H. The minimum absolute atomic E-state index is 0. The van der Waals surface area contributed by atoms with Crippen LogP contribution in [-0.4, -0.2) is 23.1 Å². The summed E-state index contributed by atoms with van der Waals surface area (Å²) < 4.78 is 0. The van der Waals surface area contributed by atoms with Crippen LogP contribution >= 0.6 is 24.8 Å². The van der Waals surface area contributed by atoms with Gasteiger partial charge in [-0.2, -0.15) is 0 Å². The van der Waals surface area contributed by atoms with Crippen molar-refractivity contribution in [3.63, 3.8) is 0 Å². The average molecular weight is 251 g/mol. The van der Waals surface area contributed by atoms with E-state index < -0.39 is 0 Å². The summed E-state index contributed by atoms with van der Waals surface area (Å²) in [5.41, 5.74) is 6.59. The van der Waals surface area contributed by atoms with Crippen LogP contribution in [0.3, 0.4) is 0 Å². The van der Waals surface area contributed by atoms with E-state index in [0.717, 1.165) is 18.8 Å². The Kier molecular flexibility index (Phi) is 6.56. The largest absolute Gasteiger partial charge is 0.368 e. The first-order chi connectivity index (χ1) is 6.36. The zero-order valence-corrected chi connectivity index (χ0v) is 9.98. The van der Waals surface area contributed by atoms with Crippen LogP contribution in [0.15, 0.2) is 12.3 Å². The van der Waals surface area contributed by atoms with Gasteiger partial charge in [0.05, 0.1) is 5.69 Å². The van der Waals surface area contributed by atoms with Gasteiger partial charge >= 0.3 is 0 Å². The van der Waals surface area contributed by atoms with Gasteiger partial charge in [-0.3, -0.25) is 0 Å². The Labute approximate surface area is 102 Å². The molecule has 0 aromatic carbocycles. The monoisotopic (exact) mass is 250 g/mol. The molecule has 1 aromatic rings. The molecule has 1 saturated heterocycles. The van der Waals surface area contributed by atoms with Crippen molar-refractivity contribution < 1.29 is 0 Å². The van der Waals surface area contributed by atoms with Gasteiger partial charge in [0.2, 0.25) is 5.95 Å². The fourth-order valence-corrected chi connectivity index (χ4v) is 1.72. The molecule has 1 fully saturated rings. The van der Waals surface area contributed by atoms with Crippen LogP contribution in [0.5, 0.6) is 0 Å². The Bertz CT molecular complexity index is 289. The molecule has 0 saturated carbocycles.